The topological polar surface area (TPSA) is 31.6 Å². The lowest BCUT2D eigenvalue weighted by Gasteiger charge is -1.96. The number of aromatic nitrogens is 2. The van der Waals surface area contributed by atoms with Crippen molar-refractivity contribution in [1.82, 2.24) is 9.97 Å². The number of hydrogen-bond donors (Lipinski definition) is 2. The van der Waals surface area contributed by atoms with Crippen LogP contribution >= 0.6 is 34.8 Å². The van der Waals surface area contributed by atoms with Crippen LogP contribution in [-0.4, -0.2) is 9.97 Å². The van der Waals surface area contributed by atoms with E-state index in [-0.39, 0.29) is 0 Å². The first-order valence-corrected chi connectivity index (χ1v) is 5.03. The number of aryl methyl sites for hydroxylation is 1. The molecule has 0 amide bonds. The van der Waals surface area contributed by atoms with E-state index in [9.17, 15) is 0 Å². The van der Waals surface area contributed by atoms with Crippen molar-refractivity contribution in [3.63, 3.8) is 0 Å². The maximum atomic E-state index is 4.99. The standard InChI is InChI=1S/C8H7IN2S/c1-4-2-6-7(3-5(4)9)11-8(12)10-6/h2-3H,1H3,(H2,10,11,12). The van der Waals surface area contributed by atoms with Crippen LogP contribution in [0, 0.1) is 15.3 Å². The number of aromatic amines is 2. The van der Waals surface area contributed by atoms with Crippen molar-refractivity contribution in [1.29, 1.82) is 0 Å². The Morgan fingerprint density at radius 3 is 2.50 bits per heavy atom. The molecule has 1 aromatic heterocycles. The Morgan fingerprint density at radius 1 is 1.25 bits per heavy atom. The zero-order chi connectivity index (χ0) is 8.72. The fraction of sp³-hybridized carbons (Fsp3) is 0.125. The Hall–Kier alpha value is -0.360. The minimum atomic E-state index is 0.686. The van der Waals surface area contributed by atoms with Crippen molar-refractivity contribution < 1.29 is 0 Å². The fourth-order valence-corrected chi connectivity index (χ4v) is 1.85. The molecule has 1 heterocycles. The molecule has 0 radical (unpaired) electrons. The van der Waals surface area contributed by atoms with E-state index in [1.807, 2.05) is 0 Å². The highest BCUT2D eigenvalue weighted by molar-refractivity contribution is 14.1. The molecule has 0 atom stereocenters. The van der Waals surface area contributed by atoms with Crippen molar-refractivity contribution in [2.24, 2.45) is 0 Å². The maximum absolute atomic E-state index is 4.99. The number of rotatable bonds is 0. The van der Waals surface area contributed by atoms with Crippen molar-refractivity contribution in [2.75, 3.05) is 0 Å². The first-order valence-electron chi connectivity index (χ1n) is 3.55. The van der Waals surface area contributed by atoms with Gasteiger partial charge < -0.3 is 9.97 Å². The normalized spacial score (nSPS) is 10.8. The molecule has 2 rings (SSSR count). The molecule has 4 heteroatoms. The molecule has 0 aliphatic heterocycles. The minimum Gasteiger partial charge on any atom is -0.331 e. The lowest BCUT2D eigenvalue weighted by atomic mass is 10.2. The number of hydrogen-bond acceptors (Lipinski definition) is 1. The van der Waals surface area contributed by atoms with Gasteiger partial charge in [-0.2, -0.15) is 0 Å². The van der Waals surface area contributed by atoms with Crippen molar-refractivity contribution in [3.05, 3.63) is 26.0 Å². The molecule has 2 nitrogen and oxygen atoms in total. The maximum Gasteiger partial charge on any atom is 0.175 e. The van der Waals surface area contributed by atoms with Crippen LogP contribution in [0.15, 0.2) is 12.1 Å². The van der Waals surface area contributed by atoms with E-state index in [1.165, 1.54) is 9.13 Å². The largest absolute Gasteiger partial charge is 0.331 e. The van der Waals surface area contributed by atoms with Gasteiger partial charge in [0.2, 0.25) is 0 Å². The average Bonchev–Trinajstić information content (AvgIpc) is 2.30. The predicted octanol–water partition coefficient (Wildman–Crippen LogP) is 3.14. The third-order valence-corrected chi connectivity index (χ3v) is 3.16. The number of halogens is 1. The quantitative estimate of drug-likeness (QED) is 0.567. The van der Waals surface area contributed by atoms with E-state index in [2.05, 4.69) is 51.6 Å². The molecule has 0 aliphatic rings. The van der Waals surface area contributed by atoms with Crippen LogP contribution in [0.25, 0.3) is 11.0 Å². The van der Waals surface area contributed by atoms with E-state index >= 15 is 0 Å². The second kappa shape index (κ2) is 2.85. The fourth-order valence-electron chi connectivity index (χ4n) is 1.16. The molecule has 2 aromatic rings. The zero-order valence-electron chi connectivity index (χ0n) is 6.44. The number of nitrogens with one attached hydrogen (secondary N) is 2. The lowest BCUT2D eigenvalue weighted by Crippen LogP contribution is -1.79. The van der Waals surface area contributed by atoms with Gasteiger partial charge in [0.15, 0.2) is 4.77 Å². The molecular formula is C8H7IN2S. The second-order valence-electron chi connectivity index (χ2n) is 2.73. The smallest absolute Gasteiger partial charge is 0.175 e. The molecule has 0 aliphatic carbocycles. The lowest BCUT2D eigenvalue weighted by molar-refractivity contribution is 1.30. The summed E-state index contributed by atoms with van der Waals surface area (Å²) in [6, 6.07) is 4.20. The Morgan fingerprint density at radius 2 is 1.83 bits per heavy atom. The highest BCUT2D eigenvalue weighted by Gasteiger charge is 1.99. The zero-order valence-corrected chi connectivity index (χ0v) is 9.41. The van der Waals surface area contributed by atoms with E-state index < -0.39 is 0 Å². The molecule has 2 N–H and O–H groups in total. The molecule has 0 saturated heterocycles. The molecule has 1 aromatic carbocycles. The van der Waals surface area contributed by atoms with Gasteiger partial charge in [0, 0.05) is 3.57 Å². The third-order valence-electron chi connectivity index (χ3n) is 1.80. The van der Waals surface area contributed by atoms with E-state index in [1.54, 1.807) is 0 Å². The van der Waals surface area contributed by atoms with Gasteiger partial charge >= 0.3 is 0 Å². The van der Waals surface area contributed by atoms with Crippen LogP contribution in [0.3, 0.4) is 0 Å². The van der Waals surface area contributed by atoms with Crippen LogP contribution in [-0.2, 0) is 0 Å². The number of H-pyrrole nitrogens is 2. The van der Waals surface area contributed by atoms with E-state index in [0.29, 0.717) is 4.77 Å². The van der Waals surface area contributed by atoms with Gasteiger partial charge in [-0.15, -0.1) is 0 Å². The van der Waals surface area contributed by atoms with Crippen LogP contribution in [0.4, 0.5) is 0 Å². The summed E-state index contributed by atoms with van der Waals surface area (Å²) in [5.41, 5.74) is 3.43. The summed E-state index contributed by atoms with van der Waals surface area (Å²) in [6.45, 7) is 2.09. The van der Waals surface area contributed by atoms with Crippen molar-refractivity contribution in [3.8, 4) is 0 Å². The Labute approximate surface area is 88.5 Å². The molecule has 12 heavy (non-hydrogen) atoms. The highest BCUT2D eigenvalue weighted by Crippen LogP contribution is 2.18. The predicted molar refractivity (Wildman–Crippen MR) is 60.9 cm³/mol. The first kappa shape index (κ1) is 8.25. The number of benzene rings is 1. The summed E-state index contributed by atoms with van der Waals surface area (Å²) in [4.78, 5) is 6.16. The number of imidazole rings is 1. The molecule has 0 fully saturated rings. The Bertz CT molecular complexity index is 441. The first-order chi connectivity index (χ1) is 5.66. The molecule has 62 valence electrons. The van der Waals surface area contributed by atoms with Crippen LogP contribution in [0.1, 0.15) is 5.56 Å². The Balaban J connectivity index is 2.92. The summed E-state index contributed by atoms with van der Waals surface area (Å²) in [5.74, 6) is 0. The molecule has 0 unspecified atom stereocenters. The molecule has 0 spiro atoms. The van der Waals surface area contributed by atoms with Crippen LogP contribution in [0.5, 0.6) is 0 Å². The Kier molecular flexibility index (Phi) is 1.96. The molecular weight excluding hydrogens is 283 g/mol. The summed E-state index contributed by atoms with van der Waals surface area (Å²) < 4.78 is 1.94. The van der Waals surface area contributed by atoms with Gasteiger partial charge in [0.05, 0.1) is 11.0 Å². The van der Waals surface area contributed by atoms with Gasteiger partial charge in [-0.1, -0.05) is 0 Å². The minimum absolute atomic E-state index is 0.686. The average molecular weight is 290 g/mol. The SMILES string of the molecule is Cc1cc2[nH]c(=S)[nH]c2cc1I. The summed E-state index contributed by atoms with van der Waals surface area (Å²) in [5, 5.41) is 0. The monoisotopic (exact) mass is 290 g/mol. The molecule has 0 saturated carbocycles. The van der Waals surface area contributed by atoms with Gasteiger partial charge in [-0.3, -0.25) is 0 Å². The van der Waals surface area contributed by atoms with Crippen LogP contribution < -0.4 is 0 Å². The summed E-state index contributed by atoms with van der Waals surface area (Å²) >= 11 is 7.30. The van der Waals surface area contributed by atoms with Crippen molar-refractivity contribution in [2.45, 2.75) is 6.92 Å². The van der Waals surface area contributed by atoms with Crippen molar-refractivity contribution >= 4 is 45.8 Å². The third kappa shape index (κ3) is 1.29. The molecule has 0 bridgehead atoms. The second-order valence-corrected chi connectivity index (χ2v) is 4.30. The van der Waals surface area contributed by atoms with E-state index in [4.69, 9.17) is 12.2 Å². The van der Waals surface area contributed by atoms with Gasteiger partial charge in [0.25, 0.3) is 0 Å². The summed E-state index contributed by atoms with van der Waals surface area (Å²) in [7, 11) is 0. The van der Waals surface area contributed by atoms with Gasteiger partial charge in [-0.05, 0) is 59.4 Å². The highest BCUT2D eigenvalue weighted by atomic mass is 127. The number of fused-ring (bicyclic) bond motifs is 1. The van der Waals surface area contributed by atoms with Gasteiger partial charge in [-0.25, -0.2) is 0 Å². The van der Waals surface area contributed by atoms with Crippen LogP contribution in [0.2, 0.25) is 0 Å². The van der Waals surface area contributed by atoms with Gasteiger partial charge in [0.1, 0.15) is 0 Å². The van der Waals surface area contributed by atoms with E-state index in [0.717, 1.165) is 11.0 Å². The summed E-state index contributed by atoms with van der Waals surface area (Å²) in [6.07, 6.45) is 0.